The Morgan fingerprint density at radius 2 is 2.00 bits per heavy atom. The molecular formula is C16H20FN3O4. The maximum Gasteiger partial charge on any atom is 0.260 e. The van der Waals surface area contributed by atoms with Crippen molar-refractivity contribution in [1.29, 1.82) is 0 Å². The van der Waals surface area contributed by atoms with Gasteiger partial charge in [-0.05, 0) is 12.1 Å². The molecule has 8 heteroatoms. The number of nitrogens with one attached hydrogen (secondary N) is 1. The summed E-state index contributed by atoms with van der Waals surface area (Å²) in [5.41, 5.74) is 0. The molecule has 130 valence electrons. The van der Waals surface area contributed by atoms with Crippen molar-refractivity contribution >= 4 is 17.7 Å². The third-order valence-electron chi connectivity index (χ3n) is 3.87. The summed E-state index contributed by atoms with van der Waals surface area (Å²) in [7, 11) is 1.47. The molecule has 1 atom stereocenters. The van der Waals surface area contributed by atoms with E-state index in [1.165, 1.54) is 42.0 Å². The fourth-order valence-electron chi connectivity index (χ4n) is 2.57. The molecule has 0 aromatic heterocycles. The highest BCUT2D eigenvalue weighted by Crippen LogP contribution is 2.16. The number of hydrogen-bond acceptors (Lipinski definition) is 4. The second-order valence-corrected chi connectivity index (χ2v) is 5.40. The van der Waals surface area contributed by atoms with E-state index in [0.29, 0.717) is 6.54 Å². The minimum Gasteiger partial charge on any atom is -0.481 e. The summed E-state index contributed by atoms with van der Waals surface area (Å²) in [5.74, 6) is -1.47. The Kier molecular flexibility index (Phi) is 5.73. The van der Waals surface area contributed by atoms with Gasteiger partial charge in [-0.25, -0.2) is 4.39 Å². The first-order chi connectivity index (χ1) is 11.4. The number of para-hydroxylation sites is 1. The first kappa shape index (κ1) is 17.7. The number of carbonyl (C=O) groups is 3. The van der Waals surface area contributed by atoms with Crippen LogP contribution in [-0.4, -0.2) is 66.9 Å². The maximum atomic E-state index is 13.5. The fourth-order valence-corrected chi connectivity index (χ4v) is 2.57. The molecule has 1 aliphatic heterocycles. The molecule has 0 saturated carbocycles. The van der Waals surface area contributed by atoms with Crippen molar-refractivity contribution in [3.05, 3.63) is 30.1 Å². The molecule has 1 aliphatic rings. The van der Waals surface area contributed by atoms with Crippen molar-refractivity contribution < 1.29 is 23.5 Å². The van der Waals surface area contributed by atoms with Crippen LogP contribution in [0.4, 0.5) is 4.39 Å². The lowest BCUT2D eigenvalue weighted by Crippen LogP contribution is -2.61. The van der Waals surface area contributed by atoms with E-state index in [1.807, 2.05) is 0 Å². The highest BCUT2D eigenvalue weighted by molar-refractivity contribution is 5.88. The number of hydrogen-bond donors (Lipinski definition) is 1. The molecule has 0 bridgehead atoms. The van der Waals surface area contributed by atoms with Crippen LogP contribution in [0.3, 0.4) is 0 Å². The minimum atomic E-state index is -0.737. The van der Waals surface area contributed by atoms with Crippen LogP contribution in [-0.2, 0) is 14.4 Å². The van der Waals surface area contributed by atoms with Crippen molar-refractivity contribution in [1.82, 2.24) is 15.1 Å². The molecule has 24 heavy (non-hydrogen) atoms. The van der Waals surface area contributed by atoms with E-state index >= 15 is 0 Å². The maximum absolute atomic E-state index is 13.5. The summed E-state index contributed by atoms with van der Waals surface area (Å²) < 4.78 is 18.7. The molecule has 1 aromatic carbocycles. The van der Waals surface area contributed by atoms with Gasteiger partial charge in [-0.3, -0.25) is 14.4 Å². The van der Waals surface area contributed by atoms with Crippen molar-refractivity contribution in [2.24, 2.45) is 0 Å². The summed E-state index contributed by atoms with van der Waals surface area (Å²) in [6, 6.07) is 5.07. The van der Waals surface area contributed by atoms with Gasteiger partial charge in [-0.1, -0.05) is 12.1 Å². The summed E-state index contributed by atoms with van der Waals surface area (Å²) >= 11 is 0. The van der Waals surface area contributed by atoms with Gasteiger partial charge in [-0.2, -0.15) is 0 Å². The molecule has 0 unspecified atom stereocenters. The number of carbonyl (C=O) groups excluding carboxylic acids is 3. The van der Waals surface area contributed by atoms with Crippen molar-refractivity contribution in [3.63, 3.8) is 0 Å². The van der Waals surface area contributed by atoms with Crippen molar-refractivity contribution in [3.8, 4) is 5.75 Å². The first-order valence-electron chi connectivity index (χ1n) is 7.58. The molecule has 1 N–H and O–H groups in total. The van der Waals surface area contributed by atoms with Crippen LogP contribution in [0.15, 0.2) is 24.3 Å². The van der Waals surface area contributed by atoms with Crippen LogP contribution in [0.5, 0.6) is 5.75 Å². The molecule has 2 rings (SSSR count). The lowest BCUT2D eigenvalue weighted by Gasteiger charge is -2.39. The van der Waals surface area contributed by atoms with Crippen LogP contribution >= 0.6 is 0 Å². The summed E-state index contributed by atoms with van der Waals surface area (Å²) in [4.78, 5) is 38.7. The predicted molar refractivity (Wildman–Crippen MR) is 83.7 cm³/mol. The summed E-state index contributed by atoms with van der Waals surface area (Å²) in [6.45, 7) is 1.69. The predicted octanol–water partition coefficient (Wildman–Crippen LogP) is 0.00980. The van der Waals surface area contributed by atoms with Crippen LogP contribution in [0.25, 0.3) is 0 Å². The average Bonchev–Trinajstić information content (AvgIpc) is 2.59. The Hall–Kier alpha value is -2.64. The fraction of sp³-hybridized carbons (Fsp3) is 0.438. The number of benzene rings is 1. The highest BCUT2D eigenvalue weighted by Gasteiger charge is 2.35. The molecule has 0 aliphatic carbocycles. The van der Waals surface area contributed by atoms with Crippen LogP contribution in [0.2, 0.25) is 0 Å². The third kappa shape index (κ3) is 4.01. The van der Waals surface area contributed by atoms with Gasteiger partial charge in [0.15, 0.2) is 18.2 Å². The molecule has 7 nitrogen and oxygen atoms in total. The quantitative estimate of drug-likeness (QED) is 0.839. The van der Waals surface area contributed by atoms with Gasteiger partial charge in [0.25, 0.3) is 5.91 Å². The number of halogens is 1. The van der Waals surface area contributed by atoms with Crippen molar-refractivity contribution in [2.45, 2.75) is 13.0 Å². The summed E-state index contributed by atoms with van der Waals surface area (Å²) in [5, 5.41) is 2.49. The monoisotopic (exact) mass is 337 g/mol. The first-order valence-corrected chi connectivity index (χ1v) is 7.58. The van der Waals surface area contributed by atoms with E-state index < -0.39 is 11.9 Å². The average molecular weight is 337 g/mol. The van der Waals surface area contributed by atoms with Gasteiger partial charge in [0.05, 0.1) is 6.54 Å². The Balaban J connectivity index is 1.99. The molecular weight excluding hydrogens is 317 g/mol. The lowest BCUT2D eigenvalue weighted by atomic mass is 10.1. The zero-order chi connectivity index (χ0) is 17.7. The Bertz CT molecular complexity index is 638. The van der Waals surface area contributed by atoms with E-state index in [0.717, 1.165) is 0 Å². The highest BCUT2D eigenvalue weighted by atomic mass is 19.1. The van der Waals surface area contributed by atoms with Gasteiger partial charge in [0.2, 0.25) is 11.8 Å². The number of likely N-dealkylation sites (N-methyl/N-ethyl adjacent to an activating group) is 1. The zero-order valence-electron chi connectivity index (χ0n) is 13.6. The Morgan fingerprint density at radius 3 is 2.62 bits per heavy atom. The number of ether oxygens (including phenoxy) is 1. The summed E-state index contributed by atoms with van der Waals surface area (Å²) in [6.07, 6.45) is 0. The molecule has 1 aromatic rings. The van der Waals surface area contributed by atoms with Crippen LogP contribution < -0.4 is 10.1 Å². The molecule has 0 radical (unpaired) electrons. The third-order valence-corrected chi connectivity index (χ3v) is 3.87. The standard InChI is InChI=1S/C16H20FN3O4/c1-11(21)20-8-7-19(9-13(20)16(23)18-2)15(22)10-24-14-6-4-3-5-12(14)17/h3-6,13H,7-10H2,1-2H3,(H,18,23)/t13-/m1/s1. The van der Waals surface area contributed by atoms with E-state index in [4.69, 9.17) is 4.74 Å². The van der Waals surface area contributed by atoms with E-state index in [1.54, 1.807) is 6.07 Å². The van der Waals surface area contributed by atoms with E-state index in [2.05, 4.69) is 5.32 Å². The van der Waals surface area contributed by atoms with Gasteiger partial charge in [-0.15, -0.1) is 0 Å². The SMILES string of the molecule is CNC(=O)[C@H]1CN(C(=O)COc2ccccc2F)CCN1C(C)=O. The number of rotatable bonds is 4. The smallest absolute Gasteiger partial charge is 0.260 e. The van der Waals surface area contributed by atoms with Gasteiger partial charge in [0, 0.05) is 27.1 Å². The molecule has 0 spiro atoms. The lowest BCUT2D eigenvalue weighted by molar-refractivity contribution is -0.147. The second-order valence-electron chi connectivity index (χ2n) is 5.40. The van der Waals surface area contributed by atoms with Crippen molar-refractivity contribution in [2.75, 3.05) is 33.3 Å². The topological polar surface area (TPSA) is 79.0 Å². The van der Waals surface area contributed by atoms with Gasteiger partial charge in [0.1, 0.15) is 6.04 Å². The van der Waals surface area contributed by atoms with Crippen LogP contribution in [0.1, 0.15) is 6.92 Å². The Morgan fingerprint density at radius 1 is 1.29 bits per heavy atom. The largest absolute Gasteiger partial charge is 0.481 e. The van der Waals surface area contributed by atoms with E-state index in [9.17, 15) is 18.8 Å². The zero-order valence-corrected chi connectivity index (χ0v) is 13.6. The normalized spacial score (nSPS) is 17.4. The second kappa shape index (κ2) is 7.76. The number of nitrogens with zero attached hydrogens (tertiary/aromatic N) is 2. The van der Waals surface area contributed by atoms with Gasteiger partial charge >= 0.3 is 0 Å². The molecule has 3 amide bonds. The number of amides is 3. The molecule has 1 saturated heterocycles. The van der Waals surface area contributed by atoms with Gasteiger partial charge < -0.3 is 19.9 Å². The Labute approximate surface area is 139 Å². The minimum absolute atomic E-state index is 0.00364. The molecule has 1 fully saturated rings. The number of piperazine rings is 1. The molecule has 1 heterocycles. The van der Waals surface area contributed by atoms with Crippen LogP contribution in [0, 0.1) is 5.82 Å². The van der Waals surface area contributed by atoms with E-state index in [-0.39, 0.29) is 43.2 Å².